The summed E-state index contributed by atoms with van der Waals surface area (Å²) < 4.78 is 2.16. The molecule has 0 radical (unpaired) electrons. The van der Waals surface area contributed by atoms with Crippen molar-refractivity contribution in [3.63, 3.8) is 0 Å². The topological polar surface area (TPSA) is 63.0 Å². The Hall–Kier alpha value is -0.940. The number of nitrogens with one attached hydrogen (secondary N) is 1. The first-order chi connectivity index (χ1) is 8.81. The second-order valence-electron chi connectivity index (χ2n) is 5.14. The second-order valence-corrected chi connectivity index (χ2v) is 5.14. The normalized spacial score (nSPS) is 20.9. The number of aryl methyl sites for hydroxylation is 1. The fourth-order valence-electron chi connectivity index (χ4n) is 2.65. The Bertz CT molecular complexity index is 356. The molecule has 2 rings (SSSR count). The maximum atomic E-state index is 8.94. The van der Waals surface area contributed by atoms with Gasteiger partial charge in [0.25, 0.3) is 0 Å². The minimum atomic E-state index is 0.227. The van der Waals surface area contributed by atoms with Crippen molar-refractivity contribution in [1.82, 2.24) is 20.1 Å². The van der Waals surface area contributed by atoms with Gasteiger partial charge in [-0.25, -0.2) is 0 Å². The lowest BCUT2D eigenvalue weighted by atomic mass is 9.96. The number of aromatic nitrogens is 3. The summed E-state index contributed by atoms with van der Waals surface area (Å²) in [4.78, 5) is 0. The Labute approximate surface area is 109 Å². The van der Waals surface area contributed by atoms with E-state index in [0.29, 0.717) is 0 Å². The van der Waals surface area contributed by atoms with E-state index in [0.717, 1.165) is 50.0 Å². The summed E-state index contributed by atoms with van der Waals surface area (Å²) in [5.74, 6) is 2.77. The molecule has 0 aromatic carbocycles. The molecule has 1 unspecified atom stereocenters. The van der Waals surface area contributed by atoms with E-state index >= 15 is 0 Å². The molecular weight excluding hydrogens is 228 g/mol. The zero-order valence-electron chi connectivity index (χ0n) is 11.2. The Kier molecular flexibility index (Phi) is 5.13. The smallest absolute Gasteiger partial charge is 0.133 e. The molecule has 1 atom stereocenters. The summed E-state index contributed by atoms with van der Waals surface area (Å²) in [5, 5.41) is 20.9. The Morgan fingerprint density at radius 1 is 1.33 bits per heavy atom. The van der Waals surface area contributed by atoms with Gasteiger partial charge in [0.2, 0.25) is 0 Å². The first-order valence-corrected chi connectivity index (χ1v) is 7.01. The minimum absolute atomic E-state index is 0.227. The van der Waals surface area contributed by atoms with Gasteiger partial charge in [0.1, 0.15) is 11.6 Å². The summed E-state index contributed by atoms with van der Waals surface area (Å²) in [6.45, 7) is 5.31. The average molecular weight is 252 g/mol. The molecule has 18 heavy (non-hydrogen) atoms. The molecule has 0 aliphatic carbocycles. The van der Waals surface area contributed by atoms with Gasteiger partial charge in [-0.2, -0.15) is 0 Å². The highest BCUT2D eigenvalue weighted by molar-refractivity contribution is 4.96. The first kappa shape index (κ1) is 13.5. The predicted octanol–water partition coefficient (Wildman–Crippen LogP) is 0.901. The van der Waals surface area contributed by atoms with Crippen molar-refractivity contribution in [3.8, 4) is 0 Å². The Balaban J connectivity index is 1.98. The third kappa shape index (κ3) is 3.53. The molecule has 1 aliphatic rings. The molecule has 1 aromatic rings. The van der Waals surface area contributed by atoms with Gasteiger partial charge in [0.15, 0.2) is 0 Å². The molecule has 0 bridgehead atoms. The van der Waals surface area contributed by atoms with Crippen LogP contribution >= 0.6 is 0 Å². The lowest BCUT2D eigenvalue weighted by molar-refractivity contribution is 0.278. The summed E-state index contributed by atoms with van der Waals surface area (Å²) in [5.41, 5.74) is 0. The van der Waals surface area contributed by atoms with Gasteiger partial charge in [-0.05, 0) is 51.6 Å². The quantitative estimate of drug-likeness (QED) is 0.817. The maximum Gasteiger partial charge on any atom is 0.133 e. The molecular formula is C13H24N4O. The number of aliphatic hydroxyl groups is 1. The lowest BCUT2D eigenvalue weighted by Crippen LogP contribution is -2.16. The molecule has 0 saturated carbocycles. The van der Waals surface area contributed by atoms with Crippen molar-refractivity contribution in [2.24, 2.45) is 5.92 Å². The van der Waals surface area contributed by atoms with Crippen LogP contribution in [-0.4, -0.2) is 39.6 Å². The van der Waals surface area contributed by atoms with Crippen LogP contribution in [0.2, 0.25) is 0 Å². The summed E-state index contributed by atoms with van der Waals surface area (Å²) in [6.07, 6.45) is 5.56. The first-order valence-electron chi connectivity index (χ1n) is 7.01. The number of aliphatic hydroxyl groups excluding tert-OH is 1. The van der Waals surface area contributed by atoms with Crippen LogP contribution in [-0.2, 0) is 13.0 Å². The SMILES string of the molecule is Cc1nnc(CC2CCCNCC2)n1CCCO. The number of nitrogens with zero attached hydrogens (tertiary/aromatic N) is 3. The fourth-order valence-corrected chi connectivity index (χ4v) is 2.65. The van der Waals surface area contributed by atoms with Crippen LogP contribution in [0.25, 0.3) is 0 Å². The maximum absolute atomic E-state index is 8.94. The molecule has 5 nitrogen and oxygen atoms in total. The van der Waals surface area contributed by atoms with Crippen molar-refractivity contribution in [2.45, 2.75) is 45.6 Å². The van der Waals surface area contributed by atoms with Gasteiger partial charge in [-0.15, -0.1) is 10.2 Å². The van der Waals surface area contributed by atoms with Crippen molar-refractivity contribution >= 4 is 0 Å². The summed E-state index contributed by atoms with van der Waals surface area (Å²) >= 11 is 0. The van der Waals surface area contributed by atoms with E-state index in [1.165, 1.54) is 19.3 Å². The van der Waals surface area contributed by atoms with Gasteiger partial charge >= 0.3 is 0 Å². The molecule has 1 aromatic heterocycles. The molecule has 102 valence electrons. The number of hydrogen-bond donors (Lipinski definition) is 2. The van der Waals surface area contributed by atoms with Gasteiger partial charge in [0, 0.05) is 19.6 Å². The average Bonchev–Trinajstić information content (AvgIpc) is 2.58. The van der Waals surface area contributed by atoms with Gasteiger partial charge < -0.3 is 15.0 Å². The van der Waals surface area contributed by atoms with E-state index in [-0.39, 0.29) is 6.61 Å². The van der Waals surface area contributed by atoms with Crippen molar-refractivity contribution in [1.29, 1.82) is 0 Å². The third-order valence-electron chi connectivity index (χ3n) is 3.72. The van der Waals surface area contributed by atoms with E-state index in [9.17, 15) is 0 Å². The van der Waals surface area contributed by atoms with Crippen LogP contribution < -0.4 is 5.32 Å². The van der Waals surface area contributed by atoms with E-state index in [1.54, 1.807) is 0 Å². The zero-order chi connectivity index (χ0) is 12.8. The highest BCUT2D eigenvalue weighted by atomic mass is 16.3. The van der Waals surface area contributed by atoms with Crippen molar-refractivity contribution in [2.75, 3.05) is 19.7 Å². The molecule has 1 fully saturated rings. The van der Waals surface area contributed by atoms with E-state index < -0.39 is 0 Å². The number of rotatable bonds is 5. The third-order valence-corrected chi connectivity index (χ3v) is 3.72. The molecule has 0 amide bonds. The highest BCUT2D eigenvalue weighted by Gasteiger charge is 2.17. The highest BCUT2D eigenvalue weighted by Crippen LogP contribution is 2.19. The van der Waals surface area contributed by atoms with E-state index in [2.05, 4.69) is 20.1 Å². The molecule has 2 heterocycles. The Morgan fingerprint density at radius 3 is 3.06 bits per heavy atom. The van der Waals surface area contributed by atoms with Crippen LogP contribution in [0.3, 0.4) is 0 Å². The van der Waals surface area contributed by atoms with Gasteiger partial charge in [-0.1, -0.05) is 0 Å². The lowest BCUT2D eigenvalue weighted by Gasteiger charge is -2.14. The molecule has 1 aliphatic heterocycles. The summed E-state index contributed by atoms with van der Waals surface area (Å²) in [6, 6.07) is 0. The van der Waals surface area contributed by atoms with Crippen LogP contribution in [0.4, 0.5) is 0 Å². The standard InChI is InChI=1S/C13H24N4O/c1-11-15-16-13(17(11)8-3-9-18)10-12-4-2-6-14-7-5-12/h12,14,18H,2-10H2,1H3. The summed E-state index contributed by atoms with van der Waals surface area (Å²) in [7, 11) is 0. The minimum Gasteiger partial charge on any atom is -0.396 e. The van der Waals surface area contributed by atoms with Crippen molar-refractivity contribution < 1.29 is 5.11 Å². The van der Waals surface area contributed by atoms with Gasteiger partial charge in [0.05, 0.1) is 0 Å². The van der Waals surface area contributed by atoms with E-state index in [1.807, 2.05) is 6.92 Å². The monoisotopic (exact) mass is 252 g/mol. The molecule has 0 spiro atoms. The number of hydrogen-bond acceptors (Lipinski definition) is 4. The van der Waals surface area contributed by atoms with Crippen LogP contribution in [0.5, 0.6) is 0 Å². The second kappa shape index (κ2) is 6.85. The van der Waals surface area contributed by atoms with Gasteiger partial charge in [-0.3, -0.25) is 0 Å². The molecule has 5 heteroatoms. The zero-order valence-corrected chi connectivity index (χ0v) is 11.2. The molecule has 2 N–H and O–H groups in total. The Morgan fingerprint density at radius 2 is 2.22 bits per heavy atom. The largest absolute Gasteiger partial charge is 0.396 e. The predicted molar refractivity (Wildman–Crippen MR) is 70.4 cm³/mol. The van der Waals surface area contributed by atoms with Crippen LogP contribution in [0.1, 0.15) is 37.3 Å². The molecule has 1 saturated heterocycles. The van der Waals surface area contributed by atoms with Crippen LogP contribution in [0.15, 0.2) is 0 Å². The fraction of sp³-hybridized carbons (Fsp3) is 0.846. The van der Waals surface area contributed by atoms with Crippen LogP contribution in [0, 0.1) is 12.8 Å². The van der Waals surface area contributed by atoms with Crippen molar-refractivity contribution in [3.05, 3.63) is 11.6 Å². The van der Waals surface area contributed by atoms with E-state index in [4.69, 9.17) is 5.11 Å².